The van der Waals surface area contributed by atoms with E-state index in [-0.39, 0.29) is 30.3 Å². The Hall–Kier alpha value is -3.28. The van der Waals surface area contributed by atoms with E-state index in [4.69, 9.17) is 9.47 Å². The van der Waals surface area contributed by atoms with Crippen LogP contribution < -0.4 is 4.74 Å². The maximum atomic E-state index is 11.8. The van der Waals surface area contributed by atoms with Gasteiger partial charge in [0.05, 0.1) is 7.11 Å². The minimum atomic E-state index is -0.627. The van der Waals surface area contributed by atoms with Crippen molar-refractivity contribution in [1.29, 1.82) is 0 Å². The summed E-state index contributed by atoms with van der Waals surface area (Å²) in [5.41, 5.74) is 1.31. The molecule has 0 unspecified atom stereocenters. The lowest BCUT2D eigenvalue weighted by molar-refractivity contribution is -0.142. The van der Waals surface area contributed by atoms with Crippen LogP contribution in [0.3, 0.4) is 0 Å². The zero-order chi connectivity index (χ0) is 18.2. The third-order valence-corrected chi connectivity index (χ3v) is 3.34. The average Bonchev–Trinajstić information content (AvgIpc) is 2.61. The summed E-state index contributed by atoms with van der Waals surface area (Å²) < 4.78 is 9.92. The summed E-state index contributed by atoms with van der Waals surface area (Å²) in [6.07, 6.45) is 2.80. The summed E-state index contributed by atoms with van der Waals surface area (Å²) in [5.74, 6) is -0.796. The van der Waals surface area contributed by atoms with Gasteiger partial charge in [0.15, 0.2) is 23.9 Å². The number of aromatic hydroxyl groups is 2. The number of methoxy groups -OCH3 is 1. The molecule has 130 valence electrons. The van der Waals surface area contributed by atoms with Gasteiger partial charge in [0, 0.05) is 12.5 Å². The second-order valence-corrected chi connectivity index (χ2v) is 5.25. The number of phenolic OH excluding ortho intramolecular Hbond substituents is 2. The molecule has 25 heavy (non-hydrogen) atoms. The molecule has 2 rings (SSSR count). The molecule has 0 spiro atoms. The zero-order valence-corrected chi connectivity index (χ0v) is 13.6. The van der Waals surface area contributed by atoms with Gasteiger partial charge in [-0.25, -0.2) is 4.79 Å². The van der Waals surface area contributed by atoms with Crippen LogP contribution in [-0.4, -0.2) is 35.7 Å². The first-order valence-corrected chi connectivity index (χ1v) is 7.49. The first-order valence-electron chi connectivity index (χ1n) is 7.49. The van der Waals surface area contributed by atoms with Crippen LogP contribution >= 0.6 is 0 Å². The van der Waals surface area contributed by atoms with Crippen LogP contribution in [0.5, 0.6) is 17.2 Å². The van der Waals surface area contributed by atoms with Crippen LogP contribution in [0.25, 0.3) is 6.08 Å². The first-order chi connectivity index (χ1) is 12.0. The fourth-order valence-electron chi connectivity index (χ4n) is 2.04. The van der Waals surface area contributed by atoms with Gasteiger partial charge in [-0.1, -0.05) is 18.2 Å². The highest BCUT2D eigenvalue weighted by atomic mass is 16.5. The first kappa shape index (κ1) is 18.1. The normalized spacial score (nSPS) is 10.6. The Kier molecular flexibility index (Phi) is 6.17. The van der Waals surface area contributed by atoms with Crippen molar-refractivity contribution in [1.82, 2.24) is 0 Å². The van der Waals surface area contributed by atoms with Crippen molar-refractivity contribution in [3.63, 3.8) is 0 Å². The number of ketones is 1. The lowest BCUT2D eigenvalue weighted by atomic mass is 10.1. The van der Waals surface area contributed by atoms with Crippen molar-refractivity contribution in [3.05, 3.63) is 59.7 Å². The number of ether oxygens (including phenoxy) is 2. The highest BCUT2D eigenvalue weighted by Crippen LogP contribution is 2.25. The van der Waals surface area contributed by atoms with Crippen molar-refractivity contribution in [2.45, 2.75) is 6.42 Å². The van der Waals surface area contributed by atoms with Gasteiger partial charge in [-0.2, -0.15) is 0 Å². The van der Waals surface area contributed by atoms with Crippen molar-refractivity contribution >= 4 is 17.8 Å². The number of esters is 1. The minimum Gasteiger partial charge on any atom is -0.504 e. The molecule has 0 saturated heterocycles. The quantitative estimate of drug-likeness (QED) is 0.456. The van der Waals surface area contributed by atoms with Gasteiger partial charge in [-0.05, 0) is 41.5 Å². The molecule has 0 heterocycles. The summed E-state index contributed by atoms with van der Waals surface area (Å²) in [6.45, 7) is -0.368. The second kappa shape index (κ2) is 8.54. The highest BCUT2D eigenvalue weighted by Gasteiger charge is 2.08. The Labute approximate surface area is 144 Å². The molecular weight excluding hydrogens is 324 g/mol. The van der Waals surface area contributed by atoms with Gasteiger partial charge in [0.25, 0.3) is 0 Å². The monoisotopic (exact) mass is 342 g/mol. The van der Waals surface area contributed by atoms with E-state index < -0.39 is 5.97 Å². The Morgan fingerprint density at radius 2 is 1.76 bits per heavy atom. The summed E-state index contributed by atoms with van der Waals surface area (Å²) in [7, 11) is 1.57. The number of phenols is 2. The van der Waals surface area contributed by atoms with E-state index >= 15 is 0 Å². The fourth-order valence-corrected chi connectivity index (χ4v) is 2.04. The molecule has 0 fully saturated rings. The third kappa shape index (κ3) is 5.69. The predicted octanol–water partition coefficient (Wildman–Crippen LogP) is 2.47. The van der Waals surface area contributed by atoms with E-state index in [9.17, 15) is 19.8 Å². The smallest absolute Gasteiger partial charge is 0.331 e. The highest BCUT2D eigenvalue weighted by molar-refractivity contribution is 5.90. The van der Waals surface area contributed by atoms with Crippen molar-refractivity contribution < 1.29 is 29.3 Å². The van der Waals surface area contributed by atoms with Crippen LogP contribution in [0.4, 0.5) is 0 Å². The summed E-state index contributed by atoms with van der Waals surface area (Å²) in [6, 6.07) is 11.2. The number of carbonyl (C=O) groups is 2. The Balaban J connectivity index is 1.81. The van der Waals surface area contributed by atoms with Crippen LogP contribution in [0.15, 0.2) is 48.5 Å². The van der Waals surface area contributed by atoms with E-state index in [0.29, 0.717) is 11.3 Å². The van der Waals surface area contributed by atoms with Gasteiger partial charge in [-0.3, -0.25) is 4.79 Å². The Morgan fingerprint density at radius 3 is 2.40 bits per heavy atom. The second-order valence-electron chi connectivity index (χ2n) is 5.25. The van der Waals surface area contributed by atoms with Crippen LogP contribution in [0.2, 0.25) is 0 Å². The molecule has 0 amide bonds. The summed E-state index contributed by atoms with van der Waals surface area (Å²) in [5, 5.41) is 18.6. The van der Waals surface area contributed by atoms with Crippen molar-refractivity contribution in [2.24, 2.45) is 0 Å². The fraction of sp³-hybridized carbons (Fsp3) is 0.158. The van der Waals surface area contributed by atoms with Gasteiger partial charge >= 0.3 is 5.97 Å². The molecule has 0 aromatic heterocycles. The minimum absolute atomic E-state index is 0.0106. The van der Waals surface area contributed by atoms with Gasteiger partial charge in [0.1, 0.15) is 5.75 Å². The van der Waals surface area contributed by atoms with E-state index in [1.807, 2.05) is 0 Å². The Morgan fingerprint density at radius 1 is 1.04 bits per heavy atom. The SMILES string of the molecule is COc1ccc(C=CC(=O)OCC(=O)Cc2ccc(O)c(O)c2)cc1. The maximum Gasteiger partial charge on any atom is 0.331 e. The summed E-state index contributed by atoms with van der Waals surface area (Å²) >= 11 is 0. The largest absolute Gasteiger partial charge is 0.504 e. The molecule has 0 bridgehead atoms. The molecule has 2 aromatic carbocycles. The summed E-state index contributed by atoms with van der Waals surface area (Å²) in [4.78, 5) is 23.4. The molecule has 0 aliphatic rings. The molecule has 6 nitrogen and oxygen atoms in total. The van der Waals surface area contributed by atoms with E-state index in [1.54, 1.807) is 37.5 Å². The molecule has 0 atom stereocenters. The maximum absolute atomic E-state index is 11.8. The number of hydrogen-bond donors (Lipinski definition) is 2. The zero-order valence-electron chi connectivity index (χ0n) is 13.6. The lowest BCUT2D eigenvalue weighted by Gasteiger charge is -2.04. The standard InChI is InChI=1S/C19H18O6/c1-24-16-6-2-13(3-7-16)5-9-19(23)25-12-15(20)10-14-4-8-17(21)18(22)11-14/h2-9,11,21-22H,10,12H2,1H3. The van der Waals surface area contributed by atoms with E-state index in [1.165, 1.54) is 24.3 Å². The van der Waals surface area contributed by atoms with Crippen LogP contribution in [-0.2, 0) is 20.7 Å². The predicted molar refractivity (Wildman–Crippen MR) is 91.5 cm³/mol. The van der Waals surface area contributed by atoms with Gasteiger partial charge in [-0.15, -0.1) is 0 Å². The van der Waals surface area contributed by atoms with E-state index in [2.05, 4.69) is 0 Å². The molecule has 6 heteroatoms. The molecule has 2 aromatic rings. The molecule has 0 saturated carbocycles. The molecule has 0 radical (unpaired) electrons. The number of rotatable bonds is 7. The average molecular weight is 342 g/mol. The molecule has 2 N–H and O–H groups in total. The van der Waals surface area contributed by atoms with Gasteiger partial charge < -0.3 is 19.7 Å². The van der Waals surface area contributed by atoms with Crippen LogP contribution in [0.1, 0.15) is 11.1 Å². The molecular formula is C19H18O6. The number of hydrogen-bond acceptors (Lipinski definition) is 6. The number of carbonyl (C=O) groups excluding carboxylic acids is 2. The van der Waals surface area contributed by atoms with Gasteiger partial charge in [0.2, 0.25) is 0 Å². The van der Waals surface area contributed by atoms with Crippen LogP contribution in [0, 0.1) is 0 Å². The lowest BCUT2D eigenvalue weighted by Crippen LogP contribution is -2.14. The topological polar surface area (TPSA) is 93.1 Å². The molecule has 0 aliphatic heterocycles. The van der Waals surface area contributed by atoms with Crippen molar-refractivity contribution in [2.75, 3.05) is 13.7 Å². The third-order valence-electron chi connectivity index (χ3n) is 3.34. The van der Waals surface area contributed by atoms with E-state index in [0.717, 1.165) is 5.56 Å². The molecule has 0 aliphatic carbocycles. The number of benzene rings is 2. The Bertz CT molecular complexity index is 777. The van der Waals surface area contributed by atoms with Crippen molar-refractivity contribution in [3.8, 4) is 17.2 Å². The number of Topliss-reactive ketones (excluding diaryl/α,β-unsaturated/α-hetero) is 1.